The predicted molar refractivity (Wildman–Crippen MR) is 57.9 cm³/mol. The topological polar surface area (TPSA) is 65.7 Å². The zero-order valence-corrected chi connectivity index (χ0v) is 9.64. The zero-order valence-electron chi connectivity index (χ0n) is 8.88. The SMILES string of the molecule is CCOc1nc(Cl)nc(-n2ccnc2C)n1. The van der Waals surface area contributed by atoms with Crippen molar-refractivity contribution in [2.75, 3.05) is 6.61 Å². The van der Waals surface area contributed by atoms with Crippen molar-refractivity contribution in [3.05, 3.63) is 23.5 Å². The van der Waals surface area contributed by atoms with Crippen molar-refractivity contribution in [1.82, 2.24) is 24.5 Å². The van der Waals surface area contributed by atoms with Gasteiger partial charge in [-0.1, -0.05) is 0 Å². The maximum Gasteiger partial charge on any atom is 0.322 e. The van der Waals surface area contributed by atoms with Gasteiger partial charge in [-0.05, 0) is 25.4 Å². The number of nitrogens with zero attached hydrogens (tertiary/aromatic N) is 5. The molecule has 0 saturated heterocycles. The molecule has 0 unspecified atom stereocenters. The third-order valence-electron chi connectivity index (χ3n) is 1.89. The quantitative estimate of drug-likeness (QED) is 0.810. The van der Waals surface area contributed by atoms with Crippen LogP contribution in [0.1, 0.15) is 12.7 Å². The van der Waals surface area contributed by atoms with E-state index in [0.717, 1.165) is 5.82 Å². The monoisotopic (exact) mass is 239 g/mol. The van der Waals surface area contributed by atoms with Crippen molar-refractivity contribution in [2.45, 2.75) is 13.8 Å². The fourth-order valence-electron chi connectivity index (χ4n) is 1.21. The first-order chi connectivity index (χ1) is 7.70. The smallest absolute Gasteiger partial charge is 0.322 e. The molecule has 0 radical (unpaired) electrons. The van der Waals surface area contributed by atoms with Gasteiger partial charge >= 0.3 is 6.01 Å². The van der Waals surface area contributed by atoms with Crippen LogP contribution in [0.3, 0.4) is 0 Å². The molecule has 16 heavy (non-hydrogen) atoms. The lowest BCUT2D eigenvalue weighted by Gasteiger charge is -2.05. The number of imidazole rings is 1. The van der Waals surface area contributed by atoms with Crippen molar-refractivity contribution < 1.29 is 4.74 Å². The number of hydrogen-bond donors (Lipinski definition) is 0. The molecule has 0 atom stereocenters. The lowest BCUT2D eigenvalue weighted by atomic mass is 10.7. The summed E-state index contributed by atoms with van der Waals surface area (Å²) < 4.78 is 6.89. The highest BCUT2D eigenvalue weighted by Gasteiger charge is 2.08. The number of aromatic nitrogens is 5. The van der Waals surface area contributed by atoms with Gasteiger partial charge in [-0.2, -0.15) is 15.0 Å². The van der Waals surface area contributed by atoms with E-state index in [0.29, 0.717) is 12.6 Å². The summed E-state index contributed by atoms with van der Waals surface area (Å²) in [7, 11) is 0. The molecule has 84 valence electrons. The molecule has 0 fully saturated rings. The second-order valence-electron chi connectivity index (χ2n) is 2.96. The lowest BCUT2D eigenvalue weighted by molar-refractivity contribution is 0.311. The van der Waals surface area contributed by atoms with Gasteiger partial charge < -0.3 is 4.74 Å². The number of halogens is 1. The van der Waals surface area contributed by atoms with Crippen LogP contribution in [0.15, 0.2) is 12.4 Å². The molecule has 0 amide bonds. The van der Waals surface area contributed by atoms with E-state index >= 15 is 0 Å². The van der Waals surface area contributed by atoms with Crippen molar-refractivity contribution in [2.24, 2.45) is 0 Å². The van der Waals surface area contributed by atoms with E-state index in [2.05, 4.69) is 19.9 Å². The molecular formula is C9H10ClN5O. The van der Waals surface area contributed by atoms with Crippen molar-refractivity contribution in [1.29, 1.82) is 0 Å². The molecule has 0 N–H and O–H groups in total. The first-order valence-electron chi connectivity index (χ1n) is 4.75. The van der Waals surface area contributed by atoms with Crippen LogP contribution in [-0.4, -0.2) is 31.1 Å². The van der Waals surface area contributed by atoms with E-state index in [1.807, 2.05) is 13.8 Å². The molecule has 2 heterocycles. The van der Waals surface area contributed by atoms with E-state index in [-0.39, 0.29) is 11.3 Å². The van der Waals surface area contributed by atoms with Crippen LogP contribution in [0.4, 0.5) is 0 Å². The van der Waals surface area contributed by atoms with Crippen LogP contribution in [-0.2, 0) is 0 Å². The molecule has 0 spiro atoms. The van der Waals surface area contributed by atoms with Crippen LogP contribution in [0, 0.1) is 6.92 Å². The number of rotatable bonds is 3. The fraction of sp³-hybridized carbons (Fsp3) is 0.333. The van der Waals surface area contributed by atoms with Gasteiger partial charge in [0.05, 0.1) is 6.61 Å². The fourth-order valence-corrected chi connectivity index (χ4v) is 1.36. The number of hydrogen-bond acceptors (Lipinski definition) is 5. The molecule has 0 saturated carbocycles. The average molecular weight is 240 g/mol. The Morgan fingerprint density at radius 3 is 2.81 bits per heavy atom. The van der Waals surface area contributed by atoms with Gasteiger partial charge in [0.1, 0.15) is 5.82 Å². The first-order valence-corrected chi connectivity index (χ1v) is 5.13. The van der Waals surface area contributed by atoms with Gasteiger partial charge in [0, 0.05) is 12.4 Å². The summed E-state index contributed by atoms with van der Waals surface area (Å²) in [6.07, 6.45) is 3.41. The molecule has 0 aromatic carbocycles. The van der Waals surface area contributed by atoms with E-state index in [4.69, 9.17) is 16.3 Å². The standard InChI is InChI=1S/C9H10ClN5O/c1-3-16-9-13-7(10)12-8(14-9)15-5-4-11-6(15)2/h4-5H,3H2,1-2H3. The molecule has 0 bridgehead atoms. The van der Waals surface area contributed by atoms with E-state index in [9.17, 15) is 0 Å². The minimum Gasteiger partial charge on any atom is -0.464 e. The van der Waals surface area contributed by atoms with Crippen LogP contribution in [0.2, 0.25) is 5.28 Å². The first kappa shape index (κ1) is 10.8. The molecule has 2 aromatic heterocycles. The van der Waals surface area contributed by atoms with Crippen molar-refractivity contribution in [3.63, 3.8) is 0 Å². The Balaban J connectivity index is 2.45. The van der Waals surface area contributed by atoms with Crippen molar-refractivity contribution in [3.8, 4) is 12.0 Å². The van der Waals surface area contributed by atoms with Crippen LogP contribution in [0.25, 0.3) is 5.95 Å². The second-order valence-corrected chi connectivity index (χ2v) is 3.30. The van der Waals surface area contributed by atoms with E-state index in [1.54, 1.807) is 17.0 Å². The Morgan fingerprint density at radius 1 is 1.38 bits per heavy atom. The molecule has 0 aliphatic heterocycles. The van der Waals surface area contributed by atoms with E-state index < -0.39 is 0 Å². The summed E-state index contributed by atoms with van der Waals surface area (Å²) in [5, 5.41) is 0.0987. The Labute approximate surface area is 97.3 Å². The van der Waals surface area contributed by atoms with Crippen molar-refractivity contribution >= 4 is 11.6 Å². The summed E-state index contributed by atoms with van der Waals surface area (Å²) in [5.41, 5.74) is 0. The highest BCUT2D eigenvalue weighted by Crippen LogP contribution is 2.12. The number of ether oxygens (including phenoxy) is 1. The molecule has 6 nitrogen and oxygen atoms in total. The Morgan fingerprint density at radius 2 is 2.19 bits per heavy atom. The van der Waals surface area contributed by atoms with Crippen LogP contribution < -0.4 is 4.74 Å². The molecule has 0 aliphatic carbocycles. The second kappa shape index (κ2) is 4.44. The third kappa shape index (κ3) is 2.11. The Kier molecular flexibility index (Phi) is 3.00. The summed E-state index contributed by atoms with van der Waals surface area (Å²) in [5.74, 6) is 1.17. The van der Waals surface area contributed by atoms with Gasteiger partial charge in [0.2, 0.25) is 11.2 Å². The summed E-state index contributed by atoms with van der Waals surface area (Å²) in [6.45, 7) is 4.17. The minimum atomic E-state index is 0.0987. The summed E-state index contributed by atoms with van der Waals surface area (Å²) >= 11 is 5.78. The zero-order chi connectivity index (χ0) is 11.5. The lowest BCUT2D eigenvalue weighted by Crippen LogP contribution is -2.06. The normalized spacial score (nSPS) is 10.4. The molecule has 0 aliphatic rings. The Hall–Kier alpha value is -1.69. The van der Waals surface area contributed by atoms with Gasteiger partial charge in [0.15, 0.2) is 0 Å². The molecule has 2 aromatic rings. The summed E-state index contributed by atoms with van der Waals surface area (Å²) in [6, 6.07) is 0.214. The summed E-state index contributed by atoms with van der Waals surface area (Å²) in [4.78, 5) is 16.1. The number of aryl methyl sites for hydroxylation is 1. The maximum atomic E-state index is 5.78. The van der Waals surface area contributed by atoms with E-state index in [1.165, 1.54) is 0 Å². The minimum absolute atomic E-state index is 0.0987. The largest absolute Gasteiger partial charge is 0.464 e. The Bertz CT molecular complexity index is 498. The van der Waals surface area contributed by atoms with Gasteiger partial charge in [-0.15, -0.1) is 0 Å². The maximum absolute atomic E-state index is 5.78. The molecular weight excluding hydrogens is 230 g/mol. The molecule has 2 rings (SSSR count). The van der Waals surface area contributed by atoms with Gasteiger partial charge in [0.25, 0.3) is 0 Å². The average Bonchev–Trinajstić information content (AvgIpc) is 2.64. The molecule has 7 heteroatoms. The van der Waals surface area contributed by atoms with Gasteiger partial charge in [-0.25, -0.2) is 4.98 Å². The predicted octanol–water partition coefficient (Wildman–Crippen LogP) is 1.42. The third-order valence-corrected chi connectivity index (χ3v) is 2.06. The highest BCUT2D eigenvalue weighted by atomic mass is 35.5. The van der Waals surface area contributed by atoms with Crippen LogP contribution >= 0.6 is 11.6 Å². The van der Waals surface area contributed by atoms with Crippen LogP contribution in [0.5, 0.6) is 6.01 Å². The highest BCUT2D eigenvalue weighted by molar-refractivity contribution is 6.28. The van der Waals surface area contributed by atoms with Gasteiger partial charge in [-0.3, -0.25) is 4.57 Å².